The molecule has 0 unspecified atom stereocenters. The van der Waals surface area contributed by atoms with Crippen LogP contribution in [0, 0.1) is 12.7 Å². The van der Waals surface area contributed by atoms with E-state index in [2.05, 4.69) is 4.98 Å². The van der Waals surface area contributed by atoms with Crippen LogP contribution in [0.5, 0.6) is 0 Å². The Bertz CT molecular complexity index is 552. The van der Waals surface area contributed by atoms with Crippen LogP contribution < -0.4 is 5.73 Å². The monoisotopic (exact) mass is 218 g/mol. The van der Waals surface area contributed by atoms with Crippen LogP contribution in [0.3, 0.4) is 0 Å². The normalized spacial score (nSPS) is 17.9. The number of hydrogen-bond acceptors (Lipinski definition) is 1. The second-order valence-corrected chi connectivity index (χ2v) is 4.80. The number of aromatic amines is 1. The number of nitrogens with one attached hydrogen (secondary N) is 1. The number of fused-ring (bicyclic) bond motifs is 1. The molecular formula is C13H15FN2. The Hall–Kier alpha value is -1.35. The third-order valence-electron chi connectivity index (χ3n) is 3.72. The number of nitrogens with two attached hydrogens (primary N) is 1. The number of aromatic nitrogens is 1. The summed E-state index contributed by atoms with van der Waals surface area (Å²) in [6.07, 6.45) is 2.24. The van der Waals surface area contributed by atoms with Gasteiger partial charge in [0.05, 0.1) is 0 Å². The molecule has 84 valence electrons. The number of H-pyrrole nitrogens is 1. The van der Waals surface area contributed by atoms with Gasteiger partial charge in [-0.15, -0.1) is 0 Å². The van der Waals surface area contributed by atoms with Gasteiger partial charge in [0.25, 0.3) is 0 Å². The van der Waals surface area contributed by atoms with Gasteiger partial charge in [-0.1, -0.05) is 0 Å². The van der Waals surface area contributed by atoms with E-state index < -0.39 is 0 Å². The van der Waals surface area contributed by atoms with Gasteiger partial charge in [0.2, 0.25) is 0 Å². The largest absolute Gasteiger partial charge is 0.358 e. The Kier molecular flexibility index (Phi) is 1.89. The van der Waals surface area contributed by atoms with Crippen molar-refractivity contribution in [2.75, 3.05) is 6.54 Å². The van der Waals surface area contributed by atoms with E-state index in [4.69, 9.17) is 5.73 Å². The molecule has 0 saturated heterocycles. The molecule has 0 amide bonds. The van der Waals surface area contributed by atoms with Crippen molar-refractivity contribution in [3.8, 4) is 0 Å². The van der Waals surface area contributed by atoms with Gasteiger partial charge in [-0.05, 0) is 43.5 Å². The fourth-order valence-corrected chi connectivity index (χ4v) is 2.69. The molecule has 2 aromatic rings. The summed E-state index contributed by atoms with van der Waals surface area (Å²) in [5, 5.41) is 1.00. The van der Waals surface area contributed by atoms with Crippen LogP contribution in [0.2, 0.25) is 0 Å². The Morgan fingerprint density at radius 3 is 2.81 bits per heavy atom. The Labute approximate surface area is 93.6 Å². The lowest BCUT2D eigenvalue weighted by Gasteiger charge is -2.12. The van der Waals surface area contributed by atoms with Crippen LogP contribution >= 0.6 is 0 Å². The molecule has 0 spiro atoms. The van der Waals surface area contributed by atoms with E-state index in [1.807, 2.05) is 6.92 Å². The van der Waals surface area contributed by atoms with Crippen LogP contribution in [-0.2, 0) is 5.41 Å². The van der Waals surface area contributed by atoms with Crippen molar-refractivity contribution in [2.24, 2.45) is 5.73 Å². The molecule has 3 rings (SSSR count). The number of rotatable bonds is 2. The first-order chi connectivity index (χ1) is 7.66. The molecule has 1 fully saturated rings. The van der Waals surface area contributed by atoms with Crippen molar-refractivity contribution in [3.05, 3.63) is 35.3 Å². The Balaban J connectivity index is 2.30. The van der Waals surface area contributed by atoms with E-state index in [0.717, 1.165) is 29.4 Å². The first-order valence-corrected chi connectivity index (χ1v) is 5.65. The van der Waals surface area contributed by atoms with Crippen LogP contribution in [0.25, 0.3) is 10.9 Å². The molecule has 3 N–H and O–H groups in total. The first kappa shape index (κ1) is 9.85. The van der Waals surface area contributed by atoms with Crippen LogP contribution in [0.15, 0.2) is 18.2 Å². The molecule has 16 heavy (non-hydrogen) atoms. The maximum Gasteiger partial charge on any atom is 0.123 e. The topological polar surface area (TPSA) is 41.8 Å². The minimum Gasteiger partial charge on any atom is -0.358 e. The van der Waals surface area contributed by atoms with Crippen LogP contribution in [-0.4, -0.2) is 11.5 Å². The fourth-order valence-electron chi connectivity index (χ4n) is 2.69. The van der Waals surface area contributed by atoms with E-state index in [0.29, 0.717) is 6.54 Å². The van der Waals surface area contributed by atoms with Gasteiger partial charge in [0.1, 0.15) is 5.82 Å². The van der Waals surface area contributed by atoms with E-state index in [1.165, 1.54) is 11.6 Å². The number of hydrogen-bond donors (Lipinski definition) is 2. The molecule has 1 heterocycles. The van der Waals surface area contributed by atoms with Crippen molar-refractivity contribution in [1.29, 1.82) is 0 Å². The predicted molar refractivity (Wildman–Crippen MR) is 63.0 cm³/mol. The second kappa shape index (κ2) is 3.08. The minimum atomic E-state index is -0.180. The van der Waals surface area contributed by atoms with Crippen LogP contribution in [0.4, 0.5) is 4.39 Å². The van der Waals surface area contributed by atoms with Gasteiger partial charge in [0.15, 0.2) is 0 Å². The minimum absolute atomic E-state index is 0.107. The highest BCUT2D eigenvalue weighted by Crippen LogP contribution is 2.50. The maximum absolute atomic E-state index is 13.3. The molecule has 1 aliphatic rings. The lowest BCUT2D eigenvalue weighted by atomic mass is 9.93. The predicted octanol–water partition coefficient (Wildman–Crippen LogP) is 2.61. The lowest BCUT2D eigenvalue weighted by Crippen LogP contribution is -2.20. The van der Waals surface area contributed by atoms with Gasteiger partial charge >= 0.3 is 0 Å². The molecule has 1 aliphatic carbocycles. The molecular weight excluding hydrogens is 203 g/mol. The average Bonchev–Trinajstić information content (AvgIpc) is 2.97. The summed E-state index contributed by atoms with van der Waals surface area (Å²) < 4.78 is 13.3. The van der Waals surface area contributed by atoms with Gasteiger partial charge < -0.3 is 10.7 Å². The van der Waals surface area contributed by atoms with E-state index >= 15 is 0 Å². The third-order valence-corrected chi connectivity index (χ3v) is 3.72. The maximum atomic E-state index is 13.3. The fraction of sp³-hybridized carbons (Fsp3) is 0.385. The zero-order valence-electron chi connectivity index (χ0n) is 9.31. The van der Waals surface area contributed by atoms with E-state index in [1.54, 1.807) is 12.1 Å². The zero-order valence-corrected chi connectivity index (χ0v) is 9.31. The highest BCUT2D eigenvalue weighted by molar-refractivity contribution is 5.86. The van der Waals surface area contributed by atoms with Gasteiger partial charge in [-0.3, -0.25) is 0 Å². The molecule has 1 saturated carbocycles. The summed E-state index contributed by atoms with van der Waals surface area (Å²) in [7, 11) is 0. The average molecular weight is 218 g/mol. The van der Waals surface area contributed by atoms with Crippen molar-refractivity contribution in [2.45, 2.75) is 25.2 Å². The highest BCUT2D eigenvalue weighted by Gasteiger charge is 2.45. The van der Waals surface area contributed by atoms with Crippen molar-refractivity contribution >= 4 is 10.9 Å². The SMILES string of the molecule is Cc1[nH]c2ccc(F)cc2c1C1(CN)CC1. The van der Waals surface area contributed by atoms with E-state index in [-0.39, 0.29) is 11.2 Å². The van der Waals surface area contributed by atoms with Crippen molar-refractivity contribution in [3.63, 3.8) is 0 Å². The molecule has 1 aromatic carbocycles. The summed E-state index contributed by atoms with van der Waals surface area (Å²) in [6.45, 7) is 2.69. The molecule has 2 nitrogen and oxygen atoms in total. The smallest absolute Gasteiger partial charge is 0.123 e. The first-order valence-electron chi connectivity index (χ1n) is 5.65. The summed E-state index contributed by atoms with van der Waals surface area (Å²) >= 11 is 0. The van der Waals surface area contributed by atoms with Gasteiger partial charge in [-0.2, -0.15) is 0 Å². The van der Waals surface area contributed by atoms with Crippen LogP contribution in [0.1, 0.15) is 24.1 Å². The lowest BCUT2D eigenvalue weighted by molar-refractivity contribution is 0.629. The standard InChI is InChI=1S/C13H15FN2/c1-8-12(13(7-15)4-5-13)10-6-9(14)2-3-11(10)16-8/h2-3,6,16H,4-5,7,15H2,1H3. The molecule has 0 radical (unpaired) electrons. The highest BCUT2D eigenvalue weighted by atomic mass is 19.1. The number of halogens is 1. The summed E-state index contributed by atoms with van der Waals surface area (Å²) in [5.41, 5.74) is 9.32. The Morgan fingerprint density at radius 1 is 1.44 bits per heavy atom. The summed E-state index contributed by atoms with van der Waals surface area (Å²) in [4.78, 5) is 3.31. The van der Waals surface area contributed by atoms with Gasteiger partial charge in [-0.25, -0.2) is 4.39 Å². The van der Waals surface area contributed by atoms with Gasteiger partial charge in [0, 0.05) is 28.6 Å². The second-order valence-electron chi connectivity index (χ2n) is 4.80. The molecule has 0 bridgehead atoms. The molecule has 0 aliphatic heterocycles. The summed E-state index contributed by atoms with van der Waals surface area (Å²) in [5.74, 6) is -0.180. The number of aryl methyl sites for hydroxylation is 1. The Morgan fingerprint density at radius 2 is 2.19 bits per heavy atom. The summed E-state index contributed by atoms with van der Waals surface area (Å²) in [6, 6.07) is 4.90. The quantitative estimate of drug-likeness (QED) is 0.799. The molecule has 0 atom stereocenters. The van der Waals surface area contributed by atoms with Crippen molar-refractivity contribution < 1.29 is 4.39 Å². The molecule has 3 heteroatoms. The number of benzene rings is 1. The molecule has 1 aromatic heterocycles. The van der Waals surface area contributed by atoms with Crippen molar-refractivity contribution in [1.82, 2.24) is 4.98 Å². The third kappa shape index (κ3) is 1.21. The zero-order chi connectivity index (χ0) is 11.3. The van der Waals surface area contributed by atoms with E-state index in [9.17, 15) is 4.39 Å².